The summed E-state index contributed by atoms with van der Waals surface area (Å²) in [6.45, 7) is 2.22. The Balaban J connectivity index is 1.34. The van der Waals surface area contributed by atoms with E-state index in [4.69, 9.17) is 9.47 Å². The quantitative estimate of drug-likeness (QED) is 0.324. The van der Waals surface area contributed by atoms with Crippen LogP contribution in [0.25, 0.3) is 28.0 Å². The van der Waals surface area contributed by atoms with Gasteiger partial charge < -0.3 is 14.8 Å². The molecule has 0 amide bonds. The summed E-state index contributed by atoms with van der Waals surface area (Å²) in [5.74, 6) is 0.429. The number of aromatic nitrogens is 1. The van der Waals surface area contributed by atoms with Crippen molar-refractivity contribution in [2.45, 2.75) is 13.0 Å². The van der Waals surface area contributed by atoms with E-state index in [-0.39, 0.29) is 5.97 Å². The van der Waals surface area contributed by atoms with Crippen molar-refractivity contribution in [3.63, 3.8) is 0 Å². The summed E-state index contributed by atoms with van der Waals surface area (Å²) in [7, 11) is 1.42. The van der Waals surface area contributed by atoms with E-state index in [2.05, 4.69) is 46.7 Å². The van der Waals surface area contributed by atoms with Crippen LogP contribution in [0.3, 0.4) is 0 Å². The van der Waals surface area contributed by atoms with Crippen molar-refractivity contribution < 1.29 is 14.3 Å². The number of hydrogen-bond acceptors (Lipinski definition) is 5. The lowest BCUT2D eigenvalue weighted by Gasteiger charge is -2.18. The lowest BCUT2D eigenvalue weighted by Crippen LogP contribution is -2.20. The third-order valence-electron chi connectivity index (χ3n) is 6.33. The number of hydrogen-bond donors (Lipinski definition) is 1. The van der Waals surface area contributed by atoms with Crippen LogP contribution in [0.4, 0.5) is 0 Å². The molecule has 1 aliphatic heterocycles. The van der Waals surface area contributed by atoms with E-state index >= 15 is 0 Å². The highest BCUT2D eigenvalue weighted by molar-refractivity contribution is 5.96. The highest BCUT2D eigenvalue weighted by Crippen LogP contribution is 2.31. The molecule has 5 nitrogen and oxygen atoms in total. The fraction of sp³-hybridized carbons (Fsp3) is 0.161. The second-order valence-electron chi connectivity index (χ2n) is 8.67. The average molecular weight is 477 g/mol. The molecule has 0 saturated carbocycles. The predicted octanol–water partition coefficient (Wildman–Crippen LogP) is 6.16. The summed E-state index contributed by atoms with van der Waals surface area (Å²) in [4.78, 5) is 17.0. The molecular formula is C31H28N2O3. The van der Waals surface area contributed by atoms with Gasteiger partial charge >= 0.3 is 5.97 Å². The van der Waals surface area contributed by atoms with Gasteiger partial charge in [-0.25, -0.2) is 4.79 Å². The minimum atomic E-state index is -0.311. The Morgan fingerprint density at radius 1 is 0.917 bits per heavy atom. The standard InChI is InChI=1S/C31H28N2O3/c1-35-31(34)28-13-11-26(19-29(28)24-15-17-32-18-16-24)23-7-9-25(10-8-23)30-14-12-27(20-33-30)36-21-22-5-3-2-4-6-22/h2-15,19-20,32H,16-18,21H2,1H3. The summed E-state index contributed by atoms with van der Waals surface area (Å²) in [5, 5.41) is 3.33. The molecule has 0 fully saturated rings. The first kappa shape index (κ1) is 23.5. The Bertz CT molecular complexity index is 1360. The molecule has 5 heteroatoms. The van der Waals surface area contributed by atoms with Gasteiger partial charge in [0.2, 0.25) is 0 Å². The van der Waals surface area contributed by atoms with Crippen LogP contribution in [0.1, 0.15) is 27.9 Å². The van der Waals surface area contributed by atoms with Gasteiger partial charge in [0.25, 0.3) is 0 Å². The molecule has 5 rings (SSSR count). The van der Waals surface area contributed by atoms with E-state index in [0.717, 1.165) is 58.8 Å². The molecular weight excluding hydrogens is 448 g/mol. The highest BCUT2D eigenvalue weighted by atomic mass is 16.5. The largest absolute Gasteiger partial charge is 0.487 e. The molecule has 0 bridgehead atoms. The summed E-state index contributed by atoms with van der Waals surface area (Å²) in [5.41, 5.74) is 7.89. The van der Waals surface area contributed by atoms with Gasteiger partial charge in [-0.2, -0.15) is 0 Å². The van der Waals surface area contributed by atoms with Crippen molar-refractivity contribution in [2.24, 2.45) is 0 Å². The number of nitrogens with zero attached hydrogens (tertiary/aromatic N) is 1. The van der Waals surface area contributed by atoms with Crippen molar-refractivity contribution in [1.29, 1.82) is 0 Å². The van der Waals surface area contributed by atoms with Crippen LogP contribution in [-0.2, 0) is 11.3 Å². The number of carbonyl (C=O) groups is 1. The van der Waals surface area contributed by atoms with Crippen molar-refractivity contribution >= 4 is 11.5 Å². The zero-order valence-electron chi connectivity index (χ0n) is 20.2. The third kappa shape index (κ3) is 5.37. The van der Waals surface area contributed by atoms with Gasteiger partial charge in [0, 0.05) is 12.1 Å². The molecule has 0 unspecified atom stereocenters. The van der Waals surface area contributed by atoms with Crippen LogP contribution < -0.4 is 10.1 Å². The Kier molecular flexibility index (Phi) is 7.20. The minimum absolute atomic E-state index is 0.311. The number of benzene rings is 3. The van der Waals surface area contributed by atoms with Gasteiger partial charge in [0.15, 0.2) is 0 Å². The first-order valence-corrected chi connectivity index (χ1v) is 12.1. The fourth-order valence-electron chi connectivity index (χ4n) is 4.36. The van der Waals surface area contributed by atoms with Gasteiger partial charge in [-0.15, -0.1) is 0 Å². The van der Waals surface area contributed by atoms with Gasteiger partial charge in [-0.05, 0) is 65.1 Å². The number of pyridine rings is 1. The van der Waals surface area contributed by atoms with Crippen LogP contribution in [0.15, 0.2) is 97.2 Å². The average Bonchev–Trinajstić information content (AvgIpc) is 2.97. The number of rotatable bonds is 7. The van der Waals surface area contributed by atoms with Gasteiger partial charge in [0.05, 0.1) is 24.6 Å². The Labute approximate surface area is 211 Å². The lowest BCUT2D eigenvalue weighted by atomic mass is 9.91. The molecule has 0 atom stereocenters. The van der Waals surface area contributed by atoms with E-state index in [9.17, 15) is 4.79 Å². The Morgan fingerprint density at radius 3 is 2.39 bits per heavy atom. The first-order valence-electron chi connectivity index (χ1n) is 12.1. The smallest absolute Gasteiger partial charge is 0.338 e. The van der Waals surface area contributed by atoms with Gasteiger partial charge in [0.1, 0.15) is 12.4 Å². The molecule has 3 aromatic carbocycles. The van der Waals surface area contributed by atoms with E-state index < -0.39 is 0 Å². The zero-order valence-corrected chi connectivity index (χ0v) is 20.2. The molecule has 1 aliphatic rings. The number of nitrogens with one attached hydrogen (secondary N) is 1. The van der Waals surface area contributed by atoms with Crippen LogP contribution in [0, 0.1) is 0 Å². The second kappa shape index (κ2) is 11.0. The number of carbonyl (C=O) groups excluding carboxylic acids is 1. The monoisotopic (exact) mass is 476 g/mol. The minimum Gasteiger partial charge on any atom is -0.487 e. The molecule has 1 N–H and O–H groups in total. The summed E-state index contributed by atoms with van der Waals surface area (Å²) in [6, 6.07) is 28.2. The van der Waals surface area contributed by atoms with Gasteiger partial charge in [-0.3, -0.25) is 4.98 Å². The van der Waals surface area contributed by atoms with Crippen LogP contribution in [0.5, 0.6) is 5.75 Å². The van der Waals surface area contributed by atoms with Crippen LogP contribution >= 0.6 is 0 Å². The Hall–Kier alpha value is -4.22. The van der Waals surface area contributed by atoms with E-state index in [0.29, 0.717) is 12.2 Å². The molecule has 180 valence electrons. The first-order chi connectivity index (χ1) is 17.7. The van der Waals surface area contributed by atoms with Crippen molar-refractivity contribution in [1.82, 2.24) is 10.3 Å². The highest BCUT2D eigenvalue weighted by Gasteiger charge is 2.17. The predicted molar refractivity (Wildman–Crippen MR) is 143 cm³/mol. The molecule has 0 radical (unpaired) electrons. The molecule has 0 saturated heterocycles. The molecule has 2 heterocycles. The van der Waals surface area contributed by atoms with Crippen molar-refractivity contribution in [3.8, 4) is 28.1 Å². The summed E-state index contributed by atoms with van der Waals surface area (Å²) >= 11 is 0. The second-order valence-corrected chi connectivity index (χ2v) is 8.67. The summed E-state index contributed by atoms with van der Waals surface area (Å²) < 4.78 is 10.9. The van der Waals surface area contributed by atoms with Crippen LogP contribution in [-0.4, -0.2) is 31.2 Å². The third-order valence-corrected chi connectivity index (χ3v) is 6.33. The van der Waals surface area contributed by atoms with Crippen LogP contribution in [0.2, 0.25) is 0 Å². The maximum Gasteiger partial charge on any atom is 0.338 e. The van der Waals surface area contributed by atoms with Crippen molar-refractivity contribution in [2.75, 3.05) is 20.2 Å². The van der Waals surface area contributed by atoms with E-state index in [1.807, 2.05) is 54.6 Å². The topological polar surface area (TPSA) is 60.5 Å². The number of ether oxygens (including phenoxy) is 2. The maximum atomic E-state index is 12.4. The molecule has 36 heavy (non-hydrogen) atoms. The molecule has 4 aromatic rings. The normalized spacial score (nSPS) is 13.1. The van der Waals surface area contributed by atoms with Crippen molar-refractivity contribution in [3.05, 3.63) is 114 Å². The van der Waals surface area contributed by atoms with Gasteiger partial charge in [-0.1, -0.05) is 66.7 Å². The number of methoxy groups -OCH3 is 1. The Morgan fingerprint density at radius 2 is 1.69 bits per heavy atom. The number of esters is 1. The maximum absolute atomic E-state index is 12.4. The zero-order chi connectivity index (χ0) is 24.7. The SMILES string of the molecule is COC(=O)c1ccc(-c2ccc(-c3ccc(OCc4ccccc4)cn3)cc2)cc1C1=CCNCC1. The van der Waals surface area contributed by atoms with E-state index in [1.165, 1.54) is 12.7 Å². The molecule has 0 aliphatic carbocycles. The van der Waals surface area contributed by atoms with E-state index in [1.54, 1.807) is 6.20 Å². The fourth-order valence-corrected chi connectivity index (χ4v) is 4.36. The summed E-state index contributed by atoms with van der Waals surface area (Å²) in [6.07, 6.45) is 4.79. The lowest BCUT2D eigenvalue weighted by molar-refractivity contribution is 0.0600. The molecule has 1 aromatic heterocycles. The molecule has 0 spiro atoms.